The molecular weight excluding hydrogens is 362 g/mol. The van der Waals surface area contributed by atoms with Crippen LogP contribution in [-0.2, 0) is 20.8 Å². The summed E-state index contributed by atoms with van der Waals surface area (Å²) in [6.07, 6.45) is 0. The Kier molecular flexibility index (Phi) is 6.18. The average molecular weight is 379 g/mol. The molecule has 0 unspecified atom stereocenters. The van der Waals surface area contributed by atoms with Gasteiger partial charge in [0.2, 0.25) is 0 Å². The lowest BCUT2D eigenvalue weighted by Gasteiger charge is -2.08. The van der Waals surface area contributed by atoms with Crippen molar-refractivity contribution in [3.8, 4) is 5.75 Å². The van der Waals surface area contributed by atoms with E-state index in [1.165, 1.54) is 27.4 Å². The molecule has 0 aliphatic rings. The van der Waals surface area contributed by atoms with Crippen LogP contribution in [0.3, 0.4) is 0 Å². The van der Waals surface area contributed by atoms with Crippen molar-refractivity contribution in [2.45, 2.75) is 6.61 Å². The summed E-state index contributed by atoms with van der Waals surface area (Å²) < 4.78 is 19.7. The summed E-state index contributed by atoms with van der Waals surface area (Å²) in [7, 11) is 3.86. The fraction of sp³-hybridized carbons (Fsp3) is 0.235. The molecule has 9 heteroatoms. The topological polar surface area (TPSA) is 114 Å². The molecule has 2 N–H and O–H groups in total. The number of nitrogen functional groups attached to an aromatic ring is 1. The smallest absolute Gasteiger partial charge is 0.348 e. The zero-order chi connectivity index (χ0) is 19.3. The largest absolute Gasteiger partial charge is 0.497 e. The number of ether oxygens (including phenoxy) is 4. The van der Waals surface area contributed by atoms with E-state index in [0.717, 1.165) is 11.3 Å². The third-order valence-corrected chi connectivity index (χ3v) is 4.49. The molecule has 138 valence electrons. The van der Waals surface area contributed by atoms with Crippen LogP contribution in [0.15, 0.2) is 24.3 Å². The molecule has 2 rings (SSSR count). The maximum atomic E-state index is 12.3. The van der Waals surface area contributed by atoms with Gasteiger partial charge in [0.1, 0.15) is 27.8 Å². The molecule has 26 heavy (non-hydrogen) atoms. The summed E-state index contributed by atoms with van der Waals surface area (Å²) in [5, 5.41) is 0.0738. The molecule has 0 aliphatic carbocycles. The second kappa shape index (κ2) is 8.34. The van der Waals surface area contributed by atoms with Crippen LogP contribution in [0.25, 0.3) is 0 Å². The van der Waals surface area contributed by atoms with Crippen molar-refractivity contribution in [1.29, 1.82) is 0 Å². The molecule has 0 saturated carbocycles. The molecule has 2 aromatic rings. The van der Waals surface area contributed by atoms with Gasteiger partial charge in [-0.3, -0.25) is 0 Å². The molecule has 0 amide bonds. The van der Waals surface area contributed by atoms with E-state index in [9.17, 15) is 14.4 Å². The second-order valence-corrected chi connectivity index (χ2v) is 5.99. The van der Waals surface area contributed by atoms with Crippen LogP contribution in [0.4, 0.5) is 5.00 Å². The Morgan fingerprint density at radius 2 is 1.73 bits per heavy atom. The van der Waals surface area contributed by atoms with Gasteiger partial charge < -0.3 is 24.7 Å². The molecule has 0 atom stereocenters. The first kappa shape index (κ1) is 19.3. The van der Waals surface area contributed by atoms with Crippen molar-refractivity contribution in [2.75, 3.05) is 27.1 Å². The van der Waals surface area contributed by atoms with Crippen LogP contribution < -0.4 is 10.5 Å². The van der Waals surface area contributed by atoms with Crippen molar-refractivity contribution in [2.24, 2.45) is 0 Å². The van der Waals surface area contributed by atoms with E-state index in [1.54, 1.807) is 18.2 Å². The highest BCUT2D eigenvalue weighted by Gasteiger charge is 2.28. The van der Waals surface area contributed by atoms with Crippen LogP contribution in [0.2, 0.25) is 0 Å². The predicted octanol–water partition coefficient (Wildman–Crippen LogP) is 2.27. The molecule has 0 spiro atoms. The summed E-state index contributed by atoms with van der Waals surface area (Å²) >= 11 is 0.862. The first-order chi connectivity index (χ1) is 12.4. The van der Waals surface area contributed by atoms with Crippen molar-refractivity contribution >= 4 is 34.2 Å². The van der Waals surface area contributed by atoms with Crippen LogP contribution in [0.1, 0.15) is 36.0 Å². The van der Waals surface area contributed by atoms with Crippen LogP contribution in [0.5, 0.6) is 5.75 Å². The molecule has 0 fully saturated rings. The monoisotopic (exact) mass is 379 g/mol. The van der Waals surface area contributed by atoms with Gasteiger partial charge in [-0.15, -0.1) is 11.3 Å². The number of thiophene rings is 1. The highest BCUT2D eigenvalue weighted by molar-refractivity contribution is 7.18. The van der Waals surface area contributed by atoms with Gasteiger partial charge in [-0.05, 0) is 18.2 Å². The highest BCUT2D eigenvalue weighted by atomic mass is 32.1. The third-order valence-electron chi connectivity index (χ3n) is 3.45. The summed E-state index contributed by atoms with van der Waals surface area (Å²) in [5.41, 5.74) is 6.20. The van der Waals surface area contributed by atoms with Crippen LogP contribution in [-0.4, -0.2) is 39.2 Å². The second-order valence-electron chi connectivity index (χ2n) is 4.94. The molecule has 0 saturated heterocycles. The summed E-state index contributed by atoms with van der Waals surface area (Å²) in [4.78, 5) is 36.2. The number of carbonyl (C=O) groups excluding carboxylic acids is 3. The van der Waals surface area contributed by atoms with Gasteiger partial charge in [-0.2, -0.15) is 0 Å². The Morgan fingerprint density at radius 1 is 1.04 bits per heavy atom. The number of rotatable bonds is 6. The third kappa shape index (κ3) is 3.94. The number of hydrogen-bond donors (Lipinski definition) is 1. The van der Waals surface area contributed by atoms with Gasteiger partial charge in [0.05, 0.1) is 26.9 Å². The SMILES string of the molecule is COC(=O)c1sc(N)c(C(=O)OC)c1COC(=O)c1cccc(OC)c1. The predicted molar refractivity (Wildman–Crippen MR) is 93.5 cm³/mol. The maximum absolute atomic E-state index is 12.3. The number of benzene rings is 1. The minimum absolute atomic E-state index is 0.0173. The normalized spacial score (nSPS) is 10.1. The van der Waals surface area contributed by atoms with Gasteiger partial charge in [0.25, 0.3) is 0 Å². The van der Waals surface area contributed by atoms with Crippen molar-refractivity contribution in [1.82, 2.24) is 0 Å². The van der Waals surface area contributed by atoms with E-state index in [4.69, 9.17) is 15.2 Å². The first-order valence-electron chi connectivity index (χ1n) is 7.31. The lowest BCUT2D eigenvalue weighted by Crippen LogP contribution is -2.12. The van der Waals surface area contributed by atoms with Crippen molar-refractivity contribution < 1.29 is 33.3 Å². The number of carbonyl (C=O) groups is 3. The van der Waals surface area contributed by atoms with Gasteiger partial charge in [0.15, 0.2) is 0 Å². The average Bonchev–Trinajstić information content (AvgIpc) is 3.00. The Labute approximate surface area is 153 Å². The number of nitrogens with two attached hydrogens (primary N) is 1. The lowest BCUT2D eigenvalue weighted by atomic mass is 10.1. The quantitative estimate of drug-likeness (QED) is 0.600. The molecule has 1 aromatic heterocycles. The Hall–Kier alpha value is -3.07. The number of methoxy groups -OCH3 is 3. The van der Waals surface area contributed by atoms with E-state index < -0.39 is 17.9 Å². The fourth-order valence-corrected chi connectivity index (χ4v) is 3.16. The summed E-state index contributed by atoms with van der Waals surface area (Å²) in [6, 6.07) is 6.38. The van der Waals surface area contributed by atoms with Gasteiger partial charge in [-0.1, -0.05) is 6.07 Å². The molecule has 1 heterocycles. The van der Waals surface area contributed by atoms with E-state index in [1.807, 2.05) is 0 Å². The Bertz CT molecular complexity index is 844. The van der Waals surface area contributed by atoms with Gasteiger partial charge in [0, 0.05) is 5.56 Å². The van der Waals surface area contributed by atoms with Crippen molar-refractivity contribution in [3.63, 3.8) is 0 Å². The molecule has 0 radical (unpaired) electrons. The zero-order valence-corrected chi connectivity index (χ0v) is 15.2. The number of esters is 3. The minimum Gasteiger partial charge on any atom is -0.497 e. The van der Waals surface area contributed by atoms with Gasteiger partial charge >= 0.3 is 17.9 Å². The zero-order valence-electron chi connectivity index (χ0n) is 14.4. The number of anilines is 1. The molecule has 1 aromatic carbocycles. The lowest BCUT2D eigenvalue weighted by molar-refractivity contribution is 0.0452. The van der Waals surface area contributed by atoms with E-state index in [2.05, 4.69) is 9.47 Å². The van der Waals surface area contributed by atoms with E-state index >= 15 is 0 Å². The summed E-state index contributed by atoms with van der Waals surface area (Å²) in [5.74, 6) is -1.59. The van der Waals surface area contributed by atoms with E-state index in [-0.39, 0.29) is 33.2 Å². The minimum atomic E-state index is -0.735. The van der Waals surface area contributed by atoms with E-state index in [0.29, 0.717) is 5.75 Å². The molecule has 0 aliphatic heterocycles. The van der Waals surface area contributed by atoms with Crippen LogP contribution in [0, 0.1) is 0 Å². The Morgan fingerprint density at radius 3 is 2.35 bits per heavy atom. The van der Waals surface area contributed by atoms with Crippen molar-refractivity contribution in [3.05, 3.63) is 45.8 Å². The molecule has 0 bridgehead atoms. The Balaban J connectivity index is 2.31. The molecular formula is C17H17NO7S. The maximum Gasteiger partial charge on any atom is 0.348 e. The fourth-order valence-electron chi connectivity index (χ4n) is 2.18. The van der Waals surface area contributed by atoms with Gasteiger partial charge in [-0.25, -0.2) is 14.4 Å². The number of hydrogen-bond acceptors (Lipinski definition) is 9. The standard InChI is InChI=1S/C17H17NO7S/c1-22-10-6-4-5-9(7-10)15(19)25-8-11-12(16(20)23-2)14(18)26-13(11)17(21)24-3/h4-7H,8,18H2,1-3H3. The summed E-state index contributed by atoms with van der Waals surface area (Å²) in [6.45, 7) is -0.349. The highest BCUT2D eigenvalue weighted by Crippen LogP contribution is 2.33. The molecule has 8 nitrogen and oxygen atoms in total. The van der Waals surface area contributed by atoms with Crippen LogP contribution >= 0.6 is 11.3 Å². The first-order valence-corrected chi connectivity index (χ1v) is 8.13.